The van der Waals surface area contributed by atoms with Crippen molar-refractivity contribution in [2.75, 3.05) is 6.54 Å². The van der Waals surface area contributed by atoms with Gasteiger partial charge >= 0.3 is 6.09 Å². The molecule has 0 heterocycles. The summed E-state index contributed by atoms with van der Waals surface area (Å²) >= 11 is 0. The van der Waals surface area contributed by atoms with Gasteiger partial charge in [0.1, 0.15) is 0 Å². The lowest BCUT2D eigenvalue weighted by Gasteiger charge is -2.39. The summed E-state index contributed by atoms with van der Waals surface area (Å²) in [7, 11) is -1.92. The number of Topliss-reactive ketones (excluding diaryl/α,β-unsaturated/α-hetero) is 1. The van der Waals surface area contributed by atoms with Crippen LogP contribution >= 0.6 is 0 Å². The normalized spacial score (nSPS) is 15.8. The van der Waals surface area contributed by atoms with Crippen LogP contribution in [-0.4, -0.2) is 45.0 Å². The monoisotopic (exact) mass is 450 g/mol. The number of nitrogens with one attached hydrogen (secondary N) is 1. The van der Waals surface area contributed by atoms with E-state index in [1.807, 2.05) is 58.0 Å². The number of ketones is 1. The van der Waals surface area contributed by atoms with Crippen molar-refractivity contribution in [3.05, 3.63) is 35.9 Å². The summed E-state index contributed by atoms with van der Waals surface area (Å²) in [6.45, 7) is 19.6. The van der Waals surface area contributed by atoms with E-state index in [1.165, 1.54) is 0 Å². The van der Waals surface area contributed by atoms with Crippen LogP contribution in [0.1, 0.15) is 54.0 Å². The second-order valence-corrected chi connectivity index (χ2v) is 15.7. The molecule has 0 bridgehead atoms. The second kappa shape index (κ2) is 10.7. The van der Waals surface area contributed by atoms with E-state index < -0.39 is 26.6 Å². The van der Waals surface area contributed by atoms with Gasteiger partial charge in [-0.3, -0.25) is 4.79 Å². The third-order valence-corrected chi connectivity index (χ3v) is 10.5. The Hall–Kier alpha value is -1.70. The summed E-state index contributed by atoms with van der Waals surface area (Å²) in [6, 6.07) is 8.96. The highest BCUT2D eigenvalue weighted by atomic mass is 28.4. The largest absolute Gasteiger partial charge is 0.438 e. The predicted molar refractivity (Wildman–Crippen MR) is 129 cm³/mol. The van der Waals surface area contributed by atoms with E-state index in [9.17, 15) is 9.59 Å². The second-order valence-electron chi connectivity index (χ2n) is 10.9. The van der Waals surface area contributed by atoms with Crippen molar-refractivity contribution in [3.8, 4) is 0 Å². The van der Waals surface area contributed by atoms with Gasteiger partial charge in [0.05, 0.1) is 12.1 Å². The first-order valence-corrected chi connectivity index (χ1v) is 13.9. The Bertz CT molecular complexity index is 723. The quantitative estimate of drug-likeness (QED) is 0.505. The Morgan fingerprint density at radius 1 is 1.06 bits per heavy atom. The van der Waals surface area contributed by atoms with Crippen LogP contribution in [0, 0.1) is 5.41 Å². The summed E-state index contributed by atoms with van der Waals surface area (Å²) < 4.78 is 11.7. The highest BCUT2D eigenvalue weighted by Crippen LogP contribution is 2.37. The molecule has 7 heteroatoms. The van der Waals surface area contributed by atoms with Crippen molar-refractivity contribution in [1.29, 1.82) is 0 Å². The summed E-state index contributed by atoms with van der Waals surface area (Å²) in [4.78, 5) is 25.0. The minimum absolute atomic E-state index is 0.0526. The van der Waals surface area contributed by atoms with Crippen LogP contribution in [-0.2, 0) is 20.4 Å². The zero-order chi connectivity index (χ0) is 24.0. The molecule has 0 saturated heterocycles. The molecule has 0 radical (unpaired) electrons. The number of rotatable bonds is 10. The van der Waals surface area contributed by atoms with E-state index >= 15 is 0 Å². The van der Waals surface area contributed by atoms with Crippen LogP contribution in [0.4, 0.5) is 4.79 Å². The van der Waals surface area contributed by atoms with Crippen LogP contribution < -0.4 is 11.1 Å². The molecule has 1 unspecified atom stereocenters. The van der Waals surface area contributed by atoms with Gasteiger partial charge in [-0.15, -0.1) is 0 Å². The predicted octanol–water partition coefficient (Wildman–Crippen LogP) is 4.68. The molecule has 0 aliphatic rings. The van der Waals surface area contributed by atoms with Gasteiger partial charge in [0.15, 0.2) is 20.2 Å². The van der Waals surface area contributed by atoms with Crippen molar-refractivity contribution >= 4 is 20.2 Å². The Kier molecular flexibility index (Phi) is 9.47. The van der Waals surface area contributed by atoms with Crippen LogP contribution in [0.2, 0.25) is 18.1 Å². The number of nitrogens with two attached hydrogens (primary N) is 1. The molecule has 3 N–H and O–H groups in total. The van der Waals surface area contributed by atoms with E-state index in [2.05, 4.69) is 39.2 Å². The Labute approximate surface area is 189 Å². The van der Waals surface area contributed by atoms with Crippen molar-refractivity contribution in [2.24, 2.45) is 11.1 Å². The minimum atomic E-state index is -1.92. The molecule has 176 valence electrons. The fraction of sp³-hybridized carbons (Fsp3) is 0.667. The van der Waals surface area contributed by atoms with Crippen molar-refractivity contribution in [3.63, 3.8) is 0 Å². The van der Waals surface area contributed by atoms with Gasteiger partial charge in [0, 0.05) is 13.0 Å². The maximum atomic E-state index is 13.5. The highest BCUT2D eigenvalue weighted by molar-refractivity contribution is 6.74. The number of hydrogen-bond acceptors (Lipinski definition) is 5. The van der Waals surface area contributed by atoms with Gasteiger partial charge in [0.2, 0.25) is 0 Å². The Balaban J connectivity index is 2.97. The average molecular weight is 451 g/mol. The summed E-state index contributed by atoms with van der Waals surface area (Å²) in [5.74, 6) is -0.185. The molecule has 1 aromatic rings. The van der Waals surface area contributed by atoms with Gasteiger partial charge in [0.25, 0.3) is 0 Å². The number of carbonyl (C=O) groups is 2. The lowest BCUT2D eigenvalue weighted by molar-refractivity contribution is -0.132. The standard InChI is InChI=1S/C24H42N2O4Si/c1-17(30-31(8,9)24(5,6)7)16-26-21(23(2,3)4)20(27)19(29-22(25)28)15-18-13-11-10-12-14-18/h10-14,17,19,21,26H,15-16H2,1-9H3,(H2,25,28)/t17-,19?,21-/m1/s1. The van der Waals surface area contributed by atoms with E-state index in [4.69, 9.17) is 14.9 Å². The Morgan fingerprint density at radius 2 is 1.61 bits per heavy atom. The molecule has 1 aromatic carbocycles. The van der Waals surface area contributed by atoms with Crippen LogP contribution in [0.3, 0.4) is 0 Å². The number of amides is 1. The van der Waals surface area contributed by atoms with Crippen LogP contribution in [0.5, 0.6) is 0 Å². The molecule has 0 spiro atoms. The van der Waals surface area contributed by atoms with Crippen molar-refractivity contribution < 1.29 is 18.8 Å². The van der Waals surface area contributed by atoms with E-state index in [-0.39, 0.29) is 28.8 Å². The maximum absolute atomic E-state index is 13.5. The zero-order valence-electron chi connectivity index (χ0n) is 20.7. The topological polar surface area (TPSA) is 90.6 Å². The van der Waals surface area contributed by atoms with Gasteiger partial charge < -0.3 is 20.2 Å². The summed E-state index contributed by atoms with van der Waals surface area (Å²) in [5, 5.41) is 3.50. The molecule has 0 fully saturated rings. The fourth-order valence-electron chi connectivity index (χ4n) is 3.19. The molecular formula is C24H42N2O4Si. The third-order valence-electron chi connectivity index (χ3n) is 5.90. The lowest BCUT2D eigenvalue weighted by atomic mass is 9.81. The Morgan fingerprint density at radius 3 is 2.06 bits per heavy atom. The molecule has 0 saturated carbocycles. The zero-order valence-corrected chi connectivity index (χ0v) is 21.7. The van der Waals surface area contributed by atoms with E-state index in [0.29, 0.717) is 6.54 Å². The number of hydrogen-bond donors (Lipinski definition) is 2. The molecular weight excluding hydrogens is 408 g/mol. The number of ether oxygens (including phenoxy) is 1. The van der Waals surface area contributed by atoms with Crippen LogP contribution in [0.15, 0.2) is 30.3 Å². The average Bonchev–Trinajstić information content (AvgIpc) is 2.59. The minimum Gasteiger partial charge on any atom is -0.438 e. The molecule has 0 aromatic heterocycles. The molecule has 1 amide bonds. The van der Waals surface area contributed by atoms with Gasteiger partial charge in [-0.05, 0) is 36.0 Å². The van der Waals surface area contributed by atoms with Gasteiger partial charge in [-0.25, -0.2) is 4.79 Å². The van der Waals surface area contributed by atoms with Crippen LogP contribution in [0.25, 0.3) is 0 Å². The maximum Gasteiger partial charge on any atom is 0.405 e. The highest BCUT2D eigenvalue weighted by Gasteiger charge is 2.40. The number of carbonyl (C=O) groups excluding carboxylic acids is 2. The van der Waals surface area contributed by atoms with Gasteiger partial charge in [-0.1, -0.05) is 71.9 Å². The first-order valence-electron chi connectivity index (χ1n) is 11.0. The first-order chi connectivity index (χ1) is 14.0. The summed E-state index contributed by atoms with van der Waals surface area (Å²) in [6.07, 6.45) is -1.67. The lowest BCUT2D eigenvalue weighted by Crippen LogP contribution is -2.54. The molecule has 0 aliphatic heterocycles. The first kappa shape index (κ1) is 27.3. The fourth-order valence-corrected chi connectivity index (χ4v) is 4.64. The smallest absolute Gasteiger partial charge is 0.405 e. The van der Waals surface area contributed by atoms with Crippen molar-refractivity contribution in [2.45, 2.75) is 91.3 Å². The van der Waals surface area contributed by atoms with E-state index in [0.717, 1.165) is 5.56 Å². The third kappa shape index (κ3) is 8.75. The molecule has 1 rings (SSSR count). The van der Waals surface area contributed by atoms with E-state index in [1.54, 1.807) is 0 Å². The van der Waals surface area contributed by atoms with Crippen molar-refractivity contribution in [1.82, 2.24) is 5.32 Å². The SMILES string of the molecule is C[C@H](CN[C@H](C(=O)C(Cc1ccccc1)OC(N)=O)C(C)(C)C)O[Si](C)(C)C(C)(C)C. The van der Waals surface area contributed by atoms with Gasteiger partial charge in [-0.2, -0.15) is 0 Å². The molecule has 6 nitrogen and oxygen atoms in total. The number of benzene rings is 1. The summed E-state index contributed by atoms with van der Waals surface area (Å²) in [5.41, 5.74) is 5.80. The molecule has 0 aliphatic carbocycles. The number of primary amides is 1. The molecule has 3 atom stereocenters. The molecule has 31 heavy (non-hydrogen) atoms.